The Morgan fingerprint density at radius 1 is 0.556 bits per heavy atom. The number of benzene rings is 4. The summed E-state index contributed by atoms with van der Waals surface area (Å²) in [5.41, 5.74) is 8.92. The summed E-state index contributed by atoms with van der Waals surface area (Å²) in [4.78, 5) is 5.89. The fraction of sp³-hybridized carbons (Fsp3) is 0.0400. The van der Waals surface area contributed by atoms with Crippen molar-refractivity contribution in [3.63, 3.8) is 0 Å². The van der Waals surface area contributed by atoms with Gasteiger partial charge in [0.25, 0.3) is 0 Å². The number of nitrogens with one attached hydrogen (secondary N) is 1. The summed E-state index contributed by atoms with van der Waals surface area (Å²) >= 11 is 0. The average Bonchev–Trinajstić information content (AvgIpc) is 2.76. The van der Waals surface area contributed by atoms with E-state index < -0.39 is 0 Å². The van der Waals surface area contributed by atoms with Gasteiger partial charge in [-0.25, -0.2) is 0 Å². The van der Waals surface area contributed by atoms with Crippen LogP contribution in [-0.2, 0) is 6.54 Å². The zero-order valence-electron chi connectivity index (χ0n) is 15.0. The van der Waals surface area contributed by atoms with Gasteiger partial charge in [0.15, 0.2) is 5.75 Å². The molecule has 132 valence electrons. The Morgan fingerprint density at radius 3 is 1.96 bits per heavy atom. The molecule has 0 aliphatic heterocycles. The van der Waals surface area contributed by atoms with E-state index in [0.29, 0.717) is 6.54 Å². The second-order valence-corrected chi connectivity index (χ2v) is 6.35. The van der Waals surface area contributed by atoms with Crippen molar-refractivity contribution in [2.45, 2.75) is 6.54 Å². The van der Waals surface area contributed by atoms with E-state index in [0.717, 1.165) is 16.9 Å². The zero-order chi connectivity index (χ0) is 18.3. The third-order valence-corrected chi connectivity index (χ3v) is 4.46. The van der Waals surface area contributed by atoms with Gasteiger partial charge in [-0.3, -0.25) is 0 Å². The Hall–Kier alpha value is -3.36. The third-order valence-electron chi connectivity index (χ3n) is 4.46. The van der Waals surface area contributed by atoms with E-state index in [4.69, 9.17) is 4.84 Å². The Labute approximate surface area is 160 Å². The minimum Gasteiger partial charge on any atom is -0.408 e. The largest absolute Gasteiger partial charge is 0.408 e. The first-order valence-electron chi connectivity index (χ1n) is 9.09. The van der Waals surface area contributed by atoms with E-state index in [-0.39, 0.29) is 0 Å². The van der Waals surface area contributed by atoms with Crippen molar-refractivity contribution >= 4 is 0 Å². The summed E-state index contributed by atoms with van der Waals surface area (Å²) in [5, 5.41) is 0. The molecule has 0 atom stereocenters. The van der Waals surface area contributed by atoms with Crippen LogP contribution in [0.3, 0.4) is 0 Å². The second-order valence-electron chi connectivity index (χ2n) is 6.35. The minimum atomic E-state index is 0.629. The molecule has 0 aliphatic rings. The molecule has 2 heteroatoms. The van der Waals surface area contributed by atoms with Crippen LogP contribution < -0.4 is 10.3 Å². The summed E-state index contributed by atoms with van der Waals surface area (Å²) in [6.07, 6.45) is 0. The highest BCUT2D eigenvalue weighted by Gasteiger charge is 2.06. The van der Waals surface area contributed by atoms with E-state index in [1.165, 1.54) is 16.7 Å². The predicted molar refractivity (Wildman–Crippen MR) is 111 cm³/mol. The maximum atomic E-state index is 5.89. The molecule has 0 radical (unpaired) electrons. The van der Waals surface area contributed by atoms with Gasteiger partial charge >= 0.3 is 0 Å². The first-order chi connectivity index (χ1) is 13.4. The fourth-order valence-corrected chi connectivity index (χ4v) is 3.10. The van der Waals surface area contributed by atoms with Crippen LogP contribution in [-0.4, -0.2) is 0 Å². The van der Waals surface area contributed by atoms with E-state index in [9.17, 15) is 0 Å². The molecular weight excluding hydrogens is 330 g/mol. The van der Waals surface area contributed by atoms with Gasteiger partial charge in [0.1, 0.15) is 0 Å². The average molecular weight is 351 g/mol. The first kappa shape index (κ1) is 17.1. The van der Waals surface area contributed by atoms with Crippen LogP contribution in [0.5, 0.6) is 5.75 Å². The topological polar surface area (TPSA) is 21.3 Å². The van der Waals surface area contributed by atoms with Gasteiger partial charge in [-0.15, -0.1) is 0 Å². The molecular formula is C25H21NO. The van der Waals surface area contributed by atoms with Crippen molar-refractivity contribution in [1.82, 2.24) is 5.48 Å². The lowest BCUT2D eigenvalue weighted by Gasteiger charge is -2.12. The first-order valence-corrected chi connectivity index (χ1v) is 9.09. The molecule has 4 rings (SSSR count). The highest BCUT2D eigenvalue weighted by Crippen LogP contribution is 2.29. The molecule has 4 aromatic rings. The molecule has 0 bridgehead atoms. The van der Waals surface area contributed by atoms with Gasteiger partial charge in [0.2, 0.25) is 0 Å². The van der Waals surface area contributed by atoms with Crippen LogP contribution in [0.4, 0.5) is 0 Å². The zero-order valence-corrected chi connectivity index (χ0v) is 15.0. The second kappa shape index (κ2) is 8.35. The van der Waals surface area contributed by atoms with Crippen LogP contribution in [0.1, 0.15) is 5.56 Å². The highest BCUT2D eigenvalue weighted by atomic mass is 16.6. The van der Waals surface area contributed by atoms with Gasteiger partial charge < -0.3 is 4.84 Å². The lowest BCUT2D eigenvalue weighted by Crippen LogP contribution is -2.18. The van der Waals surface area contributed by atoms with Crippen molar-refractivity contribution in [3.8, 4) is 28.0 Å². The molecule has 0 saturated carbocycles. The monoisotopic (exact) mass is 351 g/mol. The highest BCUT2D eigenvalue weighted by molar-refractivity contribution is 5.70. The fourth-order valence-electron chi connectivity index (χ4n) is 3.10. The molecule has 27 heavy (non-hydrogen) atoms. The molecule has 1 N–H and O–H groups in total. The third kappa shape index (κ3) is 4.25. The molecule has 0 spiro atoms. The predicted octanol–water partition coefficient (Wildman–Crippen LogP) is 6.10. The Kier molecular flexibility index (Phi) is 5.28. The maximum Gasteiger partial charge on any atom is 0.154 e. The van der Waals surface area contributed by atoms with Gasteiger partial charge in [-0.2, -0.15) is 5.48 Å². The van der Waals surface area contributed by atoms with Crippen LogP contribution >= 0.6 is 0 Å². The molecule has 0 aliphatic carbocycles. The summed E-state index contributed by atoms with van der Waals surface area (Å²) in [5.74, 6) is 0.822. The number of hydrogen-bond donors (Lipinski definition) is 1. The van der Waals surface area contributed by atoms with E-state index >= 15 is 0 Å². The summed E-state index contributed by atoms with van der Waals surface area (Å²) in [7, 11) is 0. The number of para-hydroxylation sites is 1. The Bertz CT molecular complexity index is 997. The van der Waals surface area contributed by atoms with Crippen molar-refractivity contribution in [3.05, 3.63) is 115 Å². The maximum absolute atomic E-state index is 5.89. The number of hydroxylamine groups is 1. The molecule has 0 saturated heterocycles. The van der Waals surface area contributed by atoms with Crippen molar-refractivity contribution in [1.29, 1.82) is 0 Å². The molecule has 4 aromatic carbocycles. The SMILES string of the molecule is c1ccc(-c2cccc(CNOc3ccccc3-c3ccccc3)c2)cc1. The van der Waals surface area contributed by atoms with Crippen LogP contribution in [0.2, 0.25) is 0 Å². The smallest absolute Gasteiger partial charge is 0.154 e. The lowest BCUT2D eigenvalue weighted by molar-refractivity contribution is 0.192. The Morgan fingerprint density at radius 2 is 1.19 bits per heavy atom. The van der Waals surface area contributed by atoms with Gasteiger partial charge in [0, 0.05) is 5.56 Å². The normalized spacial score (nSPS) is 10.5. The standard InChI is InChI=1S/C25H21NO/c1-3-11-21(12-4-1)23-15-9-10-20(18-23)19-26-27-25-17-8-7-16-24(25)22-13-5-2-6-14-22/h1-18,26H,19H2. The van der Waals surface area contributed by atoms with Gasteiger partial charge in [0.05, 0.1) is 6.54 Å². The molecule has 2 nitrogen and oxygen atoms in total. The van der Waals surface area contributed by atoms with Crippen LogP contribution in [0, 0.1) is 0 Å². The van der Waals surface area contributed by atoms with Crippen molar-refractivity contribution in [2.24, 2.45) is 0 Å². The van der Waals surface area contributed by atoms with Crippen LogP contribution in [0.25, 0.3) is 22.3 Å². The molecule has 0 fully saturated rings. The molecule has 0 unspecified atom stereocenters. The molecule has 0 amide bonds. The van der Waals surface area contributed by atoms with E-state index in [1.807, 2.05) is 42.5 Å². The number of rotatable bonds is 6. The summed E-state index contributed by atoms with van der Waals surface area (Å²) in [6, 6.07) is 37.2. The molecule has 0 heterocycles. The van der Waals surface area contributed by atoms with Gasteiger partial charge in [-0.1, -0.05) is 97.1 Å². The van der Waals surface area contributed by atoms with E-state index in [1.54, 1.807) is 0 Å². The van der Waals surface area contributed by atoms with Crippen molar-refractivity contribution < 1.29 is 4.84 Å². The Balaban J connectivity index is 1.46. The van der Waals surface area contributed by atoms with Gasteiger partial charge in [-0.05, 0) is 34.4 Å². The summed E-state index contributed by atoms with van der Waals surface area (Å²) in [6.45, 7) is 0.629. The molecule has 0 aromatic heterocycles. The number of hydrogen-bond acceptors (Lipinski definition) is 2. The quantitative estimate of drug-likeness (QED) is 0.424. The van der Waals surface area contributed by atoms with Crippen molar-refractivity contribution in [2.75, 3.05) is 0 Å². The summed E-state index contributed by atoms with van der Waals surface area (Å²) < 4.78 is 0. The minimum absolute atomic E-state index is 0.629. The van der Waals surface area contributed by atoms with Crippen LogP contribution in [0.15, 0.2) is 109 Å². The lowest BCUT2D eigenvalue weighted by atomic mass is 10.0. The van der Waals surface area contributed by atoms with E-state index in [2.05, 4.69) is 72.2 Å².